The summed E-state index contributed by atoms with van der Waals surface area (Å²) in [6.07, 6.45) is 0.890. The monoisotopic (exact) mass is 327 g/mol. The van der Waals surface area contributed by atoms with Crippen molar-refractivity contribution in [2.45, 2.75) is 26.3 Å². The van der Waals surface area contributed by atoms with Crippen molar-refractivity contribution in [3.05, 3.63) is 53.3 Å². The maximum absolute atomic E-state index is 12.2. The van der Waals surface area contributed by atoms with Gasteiger partial charge in [-0.1, -0.05) is 19.1 Å². The average molecular weight is 327 g/mol. The third-order valence-electron chi connectivity index (χ3n) is 4.62. The molecule has 128 valence electrons. The van der Waals surface area contributed by atoms with Gasteiger partial charge in [0, 0.05) is 30.5 Å². The summed E-state index contributed by atoms with van der Waals surface area (Å²) in [6.45, 7) is 7.80. The molecule has 0 bridgehead atoms. The first-order chi connectivity index (χ1) is 11.7. The lowest BCUT2D eigenvalue weighted by molar-refractivity contribution is 0.0198. The molecule has 0 saturated carbocycles. The van der Waals surface area contributed by atoms with Crippen LogP contribution in [0.4, 0.5) is 5.69 Å². The van der Waals surface area contributed by atoms with Crippen LogP contribution in [0.3, 0.4) is 0 Å². The van der Waals surface area contributed by atoms with Gasteiger partial charge in [-0.15, -0.1) is 0 Å². The fourth-order valence-electron chi connectivity index (χ4n) is 3.00. The van der Waals surface area contributed by atoms with Crippen LogP contribution in [0.5, 0.6) is 0 Å². The number of benzene rings is 1. The van der Waals surface area contributed by atoms with Crippen LogP contribution in [0.25, 0.3) is 0 Å². The third-order valence-corrected chi connectivity index (χ3v) is 4.62. The summed E-state index contributed by atoms with van der Waals surface area (Å²) in [5.74, 6) is -0.108. The Morgan fingerprint density at radius 3 is 2.54 bits per heavy atom. The maximum atomic E-state index is 12.2. The van der Waals surface area contributed by atoms with Crippen LogP contribution in [0, 0.1) is 0 Å². The highest BCUT2D eigenvalue weighted by Gasteiger charge is 2.18. The van der Waals surface area contributed by atoms with E-state index in [9.17, 15) is 4.79 Å². The van der Waals surface area contributed by atoms with Crippen LogP contribution < -0.4 is 5.32 Å². The lowest BCUT2D eigenvalue weighted by Crippen LogP contribution is -2.37. The number of ether oxygens (including phenoxy) is 1. The number of aryl methyl sites for hydroxylation is 1. The van der Waals surface area contributed by atoms with Gasteiger partial charge in [-0.3, -0.25) is 9.69 Å². The first-order valence-corrected chi connectivity index (χ1v) is 8.58. The van der Waals surface area contributed by atoms with Crippen molar-refractivity contribution < 1.29 is 9.53 Å². The summed E-state index contributed by atoms with van der Waals surface area (Å²) in [5.41, 5.74) is 3.72. The van der Waals surface area contributed by atoms with Gasteiger partial charge in [0.2, 0.25) is 0 Å². The van der Waals surface area contributed by atoms with E-state index < -0.39 is 0 Å². The maximum Gasteiger partial charge on any atom is 0.272 e. The number of aromatic amines is 1. The molecule has 1 atom stereocenters. The summed E-state index contributed by atoms with van der Waals surface area (Å²) in [5, 5.41) is 2.94. The number of morpholine rings is 1. The number of nitrogens with zero attached hydrogens (tertiary/aromatic N) is 1. The lowest BCUT2D eigenvalue weighted by atomic mass is 10.1. The van der Waals surface area contributed by atoms with Gasteiger partial charge in [0.15, 0.2) is 0 Å². The number of anilines is 1. The minimum absolute atomic E-state index is 0.108. The predicted octanol–water partition coefficient (Wildman–Crippen LogP) is 3.22. The van der Waals surface area contributed by atoms with E-state index in [0.29, 0.717) is 11.7 Å². The van der Waals surface area contributed by atoms with Gasteiger partial charge in [0.25, 0.3) is 5.91 Å². The van der Waals surface area contributed by atoms with E-state index in [1.165, 1.54) is 5.56 Å². The molecular weight excluding hydrogens is 302 g/mol. The molecule has 1 fully saturated rings. The van der Waals surface area contributed by atoms with E-state index in [1.807, 2.05) is 24.3 Å². The van der Waals surface area contributed by atoms with Crippen molar-refractivity contribution in [1.29, 1.82) is 0 Å². The Bertz CT molecular complexity index is 672. The van der Waals surface area contributed by atoms with Crippen molar-refractivity contribution in [2.75, 3.05) is 31.6 Å². The number of nitrogens with one attached hydrogen (secondary N) is 2. The van der Waals surface area contributed by atoms with Crippen molar-refractivity contribution >= 4 is 11.6 Å². The Morgan fingerprint density at radius 1 is 1.21 bits per heavy atom. The van der Waals surface area contributed by atoms with E-state index in [1.54, 1.807) is 0 Å². The van der Waals surface area contributed by atoms with Gasteiger partial charge in [-0.25, -0.2) is 0 Å². The Kier molecular flexibility index (Phi) is 5.33. The van der Waals surface area contributed by atoms with Crippen molar-refractivity contribution in [3.8, 4) is 0 Å². The number of hydrogen-bond donors (Lipinski definition) is 2. The Hall–Kier alpha value is -2.11. The second-order valence-electron chi connectivity index (χ2n) is 6.15. The van der Waals surface area contributed by atoms with E-state index >= 15 is 0 Å². The highest BCUT2D eigenvalue weighted by atomic mass is 16.5. The fourth-order valence-corrected chi connectivity index (χ4v) is 3.00. The van der Waals surface area contributed by atoms with Crippen LogP contribution in [-0.4, -0.2) is 42.1 Å². The Balaban J connectivity index is 1.62. The molecule has 2 aromatic rings. The SMILES string of the molecule is CCc1ccc(C(=O)Nc2ccc(C(C)N3CCOCC3)cc2)[nH]1. The molecule has 0 spiro atoms. The molecule has 1 saturated heterocycles. The number of aromatic nitrogens is 1. The minimum atomic E-state index is -0.108. The molecule has 1 unspecified atom stereocenters. The zero-order valence-electron chi connectivity index (χ0n) is 14.3. The van der Waals surface area contributed by atoms with Gasteiger partial charge in [-0.05, 0) is 43.2 Å². The molecule has 2 N–H and O–H groups in total. The second kappa shape index (κ2) is 7.64. The number of carbonyl (C=O) groups excluding carboxylic acids is 1. The molecular formula is C19H25N3O2. The highest BCUT2D eigenvalue weighted by Crippen LogP contribution is 2.23. The first-order valence-electron chi connectivity index (χ1n) is 8.58. The molecule has 2 heterocycles. The summed E-state index contributed by atoms with van der Waals surface area (Å²) < 4.78 is 5.41. The van der Waals surface area contributed by atoms with Crippen molar-refractivity contribution in [2.24, 2.45) is 0 Å². The predicted molar refractivity (Wildman–Crippen MR) is 95.4 cm³/mol. The summed E-state index contributed by atoms with van der Waals surface area (Å²) in [4.78, 5) is 17.8. The van der Waals surface area contributed by atoms with Crippen molar-refractivity contribution in [1.82, 2.24) is 9.88 Å². The van der Waals surface area contributed by atoms with Crippen LogP contribution in [-0.2, 0) is 11.2 Å². The Labute approximate surface area is 143 Å². The number of amides is 1. The second-order valence-corrected chi connectivity index (χ2v) is 6.15. The van der Waals surface area contributed by atoms with Crippen LogP contribution in [0.15, 0.2) is 36.4 Å². The summed E-state index contributed by atoms with van der Waals surface area (Å²) in [6, 6.07) is 12.2. The Morgan fingerprint density at radius 2 is 1.92 bits per heavy atom. The van der Waals surface area contributed by atoms with E-state index in [-0.39, 0.29) is 5.91 Å². The number of H-pyrrole nitrogens is 1. The fraction of sp³-hybridized carbons (Fsp3) is 0.421. The molecule has 1 amide bonds. The number of carbonyl (C=O) groups is 1. The van der Waals surface area contributed by atoms with E-state index in [0.717, 1.165) is 44.1 Å². The van der Waals surface area contributed by atoms with Crippen molar-refractivity contribution in [3.63, 3.8) is 0 Å². The quantitative estimate of drug-likeness (QED) is 0.886. The molecule has 5 heteroatoms. The molecule has 1 aliphatic rings. The molecule has 1 aromatic carbocycles. The zero-order chi connectivity index (χ0) is 16.9. The molecule has 3 rings (SSSR count). The number of rotatable bonds is 5. The van der Waals surface area contributed by atoms with Gasteiger partial charge >= 0.3 is 0 Å². The molecule has 24 heavy (non-hydrogen) atoms. The van der Waals surface area contributed by atoms with Gasteiger partial charge < -0.3 is 15.0 Å². The summed E-state index contributed by atoms with van der Waals surface area (Å²) >= 11 is 0. The van der Waals surface area contributed by atoms with Gasteiger partial charge in [0.05, 0.1) is 13.2 Å². The largest absolute Gasteiger partial charge is 0.379 e. The van der Waals surface area contributed by atoms with Crippen LogP contribution >= 0.6 is 0 Å². The van der Waals surface area contributed by atoms with E-state index in [4.69, 9.17) is 4.74 Å². The van der Waals surface area contributed by atoms with Gasteiger partial charge in [0.1, 0.15) is 5.69 Å². The highest BCUT2D eigenvalue weighted by molar-refractivity contribution is 6.03. The van der Waals surface area contributed by atoms with Crippen LogP contribution in [0.2, 0.25) is 0 Å². The minimum Gasteiger partial charge on any atom is -0.379 e. The third kappa shape index (κ3) is 3.86. The normalized spacial score (nSPS) is 16.8. The lowest BCUT2D eigenvalue weighted by Gasteiger charge is -2.32. The average Bonchev–Trinajstić information content (AvgIpc) is 3.12. The van der Waals surface area contributed by atoms with Crippen LogP contribution in [0.1, 0.15) is 41.6 Å². The molecule has 1 aromatic heterocycles. The topological polar surface area (TPSA) is 57.4 Å². The molecule has 1 aliphatic heterocycles. The molecule has 5 nitrogen and oxygen atoms in total. The molecule has 0 aliphatic carbocycles. The first kappa shape index (κ1) is 16.7. The van der Waals surface area contributed by atoms with E-state index in [2.05, 4.69) is 41.2 Å². The summed E-state index contributed by atoms with van der Waals surface area (Å²) in [7, 11) is 0. The van der Waals surface area contributed by atoms with Gasteiger partial charge in [-0.2, -0.15) is 0 Å². The zero-order valence-corrected chi connectivity index (χ0v) is 14.3. The number of hydrogen-bond acceptors (Lipinski definition) is 3. The smallest absolute Gasteiger partial charge is 0.272 e. The molecule has 0 radical (unpaired) electrons. The standard InChI is InChI=1S/C19H25N3O2/c1-3-16-8-9-18(20-16)19(23)21-17-6-4-15(5-7-17)14(2)22-10-12-24-13-11-22/h4-9,14,20H,3,10-13H2,1-2H3,(H,21,23).